The largest absolute Gasteiger partial charge is 0.416 e. The first kappa shape index (κ1) is 19.4. The van der Waals surface area contributed by atoms with Gasteiger partial charge in [-0.2, -0.15) is 13.2 Å². The molecule has 136 valence electrons. The summed E-state index contributed by atoms with van der Waals surface area (Å²) in [4.78, 5) is 0. The van der Waals surface area contributed by atoms with Crippen LogP contribution >= 0.6 is 0 Å². The van der Waals surface area contributed by atoms with Gasteiger partial charge in [-0.25, -0.2) is 0 Å². The van der Waals surface area contributed by atoms with E-state index in [0.29, 0.717) is 12.0 Å². The molecule has 0 aliphatic heterocycles. The Balaban J connectivity index is 2.41. The van der Waals surface area contributed by atoms with E-state index in [1.165, 1.54) is 25.3 Å². The molecule has 0 radical (unpaired) electrons. The summed E-state index contributed by atoms with van der Waals surface area (Å²) in [5.41, 5.74) is 1.02. The molecule has 0 fully saturated rings. The molecule has 0 saturated carbocycles. The van der Waals surface area contributed by atoms with Crippen LogP contribution in [0.4, 0.5) is 13.2 Å². The molecule has 1 atom stereocenters. The molecule has 1 N–H and O–H groups in total. The molecule has 1 unspecified atom stereocenters. The average Bonchev–Trinajstić information content (AvgIpc) is 2.60. The highest BCUT2D eigenvalue weighted by atomic mass is 19.4. The predicted molar refractivity (Wildman–Crippen MR) is 88.0 cm³/mol. The van der Waals surface area contributed by atoms with Crippen LogP contribution < -0.4 is 0 Å². The first-order valence-electron chi connectivity index (χ1n) is 7.91. The summed E-state index contributed by atoms with van der Waals surface area (Å²) in [6.07, 6.45) is -5.29. The van der Waals surface area contributed by atoms with Crippen molar-refractivity contribution in [3.05, 3.63) is 70.3 Å². The normalized spacial score (nSPS) is 13.0. The van der Waals surface area contributed by atoms with Gasteiger partial charge in [-0.3, -0.25) is 0 Å². The van der Waals surface area contributed by atoms with Gasteiger partial charge in [-0.1, -0.05) is 43.3 Å². The van der Waals surface area contributed by atoms with Gasteiger partial charge in [0, 0.05) is 7.11 Å². The van der Waals surface area contributed by atoms with Crippen LogP contribution in [0.25, 0.3) is 0 Å². The van der Waals surface area contributed by atoms with Gasteiger partial charge in [-0.15, -0.1) is 0 Å². The second-order valence-electron chi connectivity index (χ2n) is 5.63. The minimum atomic E-state index is -4.52. The minimum Gasteiger partial charge on any atom is -0.384 e. The van der Waals surface area contributed by atoms with Gasteiger partial charge < -0.3 is 14.6 Å². The number of hydrogen-bond acceptors (Lipinski definition) is 3. The van der Waals surface area contributed by atoms with E-state index in [9.17, 15) is 18.3 Å². The zero-order chi connectivity index (χ0) is 18.4. The van der Waals surface area contributed by atoms with Crippen LogP contribution in [0.15, 0.2) is 42.5 Å². The molecule has 0 saturated heterocycles. The molecule has 0 aliphatic carbocycles. The van der Waals surface area contributed by atoms with Crippen molar-refractivity contribution in [2.24, 2.45) is 0 Å². The molecule has 6 heteroatoms. The van der Waals surface area contributed by atoms with Crippen molar-refractivity contribution < 1.29 is 27.8 Å². The highest BCUT2D eigenvalue weighted by Crippen LogP contribution is 2.37. The maximum Gasteiger partial charge on any atom is 0.416 e. The van der Waals surface area contributed by atoms with Crippen LogP contribution in [0.3, 0.4) is 0 Å². The molecular weight excluding hydrogens is 333 g/mol. The maximum absolute atomic E-state index is 13.2. The average molecular weight is 354 g/mol. The third-order valence-corrected chi connectivity index (χ3v) is 3.92. The van der Waals surface area contributed by atoms with Crippen molar-refractivity contribution in [3.8, 4) is 0 Å². The topological polar surface area (TPSA) is 38.7 Å². The van der Waals surface area contributed by atoms with Crippen molar-refractivity contribution >= 4 is 0 Å². The molecule has 3 nitrogen and oxygen atoms in total. The lowest BCUT2D eigenvalue weighted by Gasteiger charge is -2.20. The van der Waals surface area contributed by atoms with E-state index in [0.717, 1.165) is 17.2 Å². The van der Waals surface area contributed by atoms with Gasteiger partial charge >= 0.3 is 6.18 Å². The molecule has 0 heterocycles. The van der Waals surface area contributed by atoms with Crippen LogP contribution in [0.2, 0.25) is 0 Å². The van der Waals surface area contributed by atoms with Crippen molar-refractivity contribution in [2.45, 2.75) is 32.2 Å². The summed E-state index contributed by atoms with van der Waals surface area (Å²) in [5.74, 6) is 0. The van der Waals surface area contributed by atoms with Crippen LogP contribution in [0, 0.1) is 0 Å². The summed E-state index contributed by atoms with van der Waals surface area (Å²) >= 11 is 0. The van der Waals surface area contributed by atoms with E-state index in [4.69, 9.17) is 9.47 Å². The quantitative estimate of drug-likeness (QED) is 0.589. The smallest absolute Gasteiger partial charge is 0.384 e. The second kappa shape index (κ2) is 8.47. The Morgan fingerprint density at radius 2 is 1.80 bits per heavy atom. The molecule has 0 aliphatic rings. The Hall–Kier alpha value is -1.89. The summed E-state index contributed by atoms with van der Waals surface area (Å²) in [6, 6.07) is 10.4. The van der Waals surface area contributed by atoms with Gasteiger partial charge in [0.15, 0.2) is 0 Å². The van der Waals surface area contributed by atoms with Gasteiger partial charge in [-0.05, 0) is 34.7 Å². The van der Waals surface area contributed by atoms with Crippen molar-refractivity contribution in [2.75, 3.05) is 13.9 Å². The number of methoxy groups -OCH3 is 1. The second-order valence-corrected chi connectivity index (χ2v) is 5.63. The fraction of sp³-hybridized carbons (Fsp3) is 0.368. The van der Waals surface area contributed by atoms with Crippen LogP contribution in [-0.2, 0) is 28.7 Å². The summed E-state index contributed by atoms with van der Waals surface area (Å²) in [5, 5.41) is 10.7. The van der Waals surface area contributed by atoms with E-state index in [1.807, 2.05) is 13.0 Å². The number of ether oxygens (including phenoxy) is 2. The molecule has 0 aromatic heterocycles. The maximum atomic E-state index is 13.2. The molecule has 2 rings (SSSR count). The van der Waals surface area contributed by atoms with Crippen LogP contribution in [-0.4, -0.2) is 19.0 Å². The number of aliphatic hydroxyl groups excluding tert-OH is 1. The van der Waals surface area contributed by atoms with Crippen LogP contribution in [0.1, 0.15) is 40.8 Å². The number of aryl methyl sites for hydroxylation is 1. The summed E-state index contributed by atoms with van der Waals surface area (Å²) in [7, 11) is 1.50. The Bertz CT molecular complexity index is 699. The molecule has 0 spiro atoms. The predicted octanol–water partition coefficient (Wildman–Crippen LogP) is 4.47. The van der Waals surface area contributed by atoms with E-state index >= 15 is 0 Å². The fourth-order valence-electron chi connectivity index (χ4n) is 2.71. The monoisotopic (exact) mass is 354 g/mol. The zero-order valence-corrected chi connectivity index (χ0v) is 14.1. The van der Waals surface area contributed by atoms with Crippen LogP contribution in [0.5, 0.6) is 0 Å². The van der Waals surface area contributed by atoms with E-state index in [1.54, 1.807) is 12.1 Å². The Kier molecular flexibility index (Phi) is 6.58. The highest BCUT2D eigenvalue weighted by Gasteiger charge is 2.35. The number of hydrogen-bond donors (Lipinski definition) is 1. The third kappa shape index (κ3) is 4.81. The number of halogens is 3. The standard InChI is InChI=1S/C19H21F3O3/c1-3-14-9-8-13(11-25-12-24-2)10-16(14)18(23)15-6-4-5-7-17(15)19(20,21)22/h4-10,18,23H,3,11-12H2,1-2H3. The molecule has 2 aromatic rings. The van der Waals surface area contributed by atoms with E-state index in [-0.39, 0.29) is 19.0 Å². The number of aliphatic hydroxyl groups is 1. The Labute approximate surface area is 145 Å². The SMILES string of the molecule is CCc1ccc(COCOC)cc1C(O)c1ccccc1C(F)(F)F. The first-order chi connectivity index (χ1) is 11.9. The number of rotatable bonds is 7. The lowest BCUT2D eigenvalue weighted by Crippen LogP contribution is -2.14. The highest BCUT2D eigenvalue weighted by molar-refractivity contribution is 5.42. The summed E-state index contributed by atoms with van der Waals surface area (Å²) < 4.78 is 49.8. The lowest BCUT2D eigenvalue weighted by atomic mass is 9.91. The van der Waals surface area contributed by atoms with Crippen molar-refractivity contribution in [3.63, 3.8) is 0 Å². The van der Waals surface area contributed by atoms with Crippen molar-refractivity contribution in [1.82, 2.24) is 0 Å². The van der Waals surface area contributed by atoms with Crippen molar-refractivity contribution in [1.29, 1.82) is 0 Å². The zero-order valence-electron chi connectivity index (χ0n) is 14.1. The minimum absolute atomic E-state index is 0.115. The van der Waals surface area contributed by atoms with Gasteiger partial charge in [0.25, 0.3) is 0 Å². The molecule has 2 aromatic carbocycles. The van der Waals surface area contributed by atoms with E-state index in [2.05, 4.69) is 0 Å². The molecule has 0 amide bonds. The van der Waals surface area contributed by atoms with E-state index < -0.39 is 17.8 Å². The molecular formula is C19H21F3O3. The number of alkyl halides is 3. The summed E-state index contributed by atoms with van der Waals surface area (Å²) in [6.45, 7) is 2.26. The molecule has 25 heavy (non-hydrogen) atoms. The molecule has 0 bridgehead atoms. The van der Waals surface area contributed by atoms with Gasteiger partial charge in [0.05, 0.1) is 12.2 Å². The fourth-order valence-corrected chi connectivity index (χ4v) is 2.71. The van der Waals surface area contributed by atoms with Gasteiger partial charge in [0.1, 0.15) is 12.9 Å². The third-order valence-electron chi connectivity index (χ3n) is 3.92. The lowest BCUT2D eigenvalue weighted by molar-refractivity contribution is -0.139. The Morgan fingerprint density at radius 3 is 2.44 bits per heavy atom. The van der Waals surface area contributed by atoms with Gasteiger partial charge in [0.2, 0.25) is 0 Å². The number of benzene rings is 2. The first-order valence-corrected chi connectivity index (χ1v) is 7.91. The Morgan fingerprint density at radius 1 is 1.08 bits per heavy atom.